The summed E-state index contributed by atoms with van der Waals surface area (Å²) in [5, 5.41) is 8.85. The number of nitrogens with zero attached hydrogens (tertiary/aromatic N) is 2. The van der Waals surface area contributed by atoms with Crippen LogP contribution in [0.4, 0.5) is 0 Å². The van der Waals surface area contributed by atoms with Gasteiger partial charge in [-0.05, 0) is 12.8 Å². The zero-order chi connectivity index (χ0) is 9.97. The molecule has 1 fully saturated rings. The Morgan fingerprint density at radius 2 is 2.36 bits per heavy atom. The third kappa shape index (κ3) is 1.57. The van der Waals surface area contributed by atoms with Crippen LogP contribution in [0, 0.1) is 11.3 Å². The van der Waals surface area contributed by atoms with Crippen molar-refractivity contribution in [3.8, 4) is 11.8 Å². The minimum absolute atomic E-state index is 0.200. The second kappa shape index (κ2) is 3.46. The molecule has 2 rings (SSSR count). The first-order valence-corrected chi connectivity index (χ1v) is 4.35. The standard InChI is InChI=1S/C10H8N2O2/c11-3-9-7(6-13)4-12-5-10(9)14-8-1-2-8/h4-6,8H,1-2H2. The zero-order valence-electron chi connectivity index (χ0n) is 7.43. The minimum Gasteiger partial charge on any atom is -0.487 e. The highest BCUT2D eigenvalue weighted by Gasteiger charge is 2.25. The molecule has 0 aliphatic heterocycles. The van der Waals surface area contributed by atoms with Crippen LogP contribution in [0.2, 0.25) is 0 Å². The van der Waals surface area contributed by atoms with Crippen LogP contribution < -0.4 is 4.74 Å². The smallest absolute Gasteiger partial charge is 0.156 e. The van der Waals surface area contributed by atoms with Gasteiger partial charge in [-0.25, -0.2) is 0 Å². The third-order valence-corrected chi connectivity index (χ3v) is 2.00. The molecule has 1 aromatic heterocycles. The fourth-order valence-corrected chi connectivity index (χ4v) is 1.12. The summed E-state index contributed by atoms with van der Waals surface area (Å²) in [6.07, 6.45) is 5.68. The van der Waals surface area contributed by atoms with Gasteiger partial charge in [-0.3, -0.25) is 9.78 Å². The van der Waals surface area contributed by atoms with Crippen LogP contribution in [-0.4, -0.2) is 17.4 Å². The number of hydrogen-bond acceptors (Lipinski definition) is 4. The molecule has 0 radical (unpaired) electrons. The van der Waals surface area contributed by atoms with Crippen molar-refractivity contribution in [2.45, 2.75) is 18.9 Å². The molecule has 0 atom stereocenters. The lowest BCUT2D eigenvalue weighted by molar-refractivity contribution is 0.112. The predicted octanol–water partition coefficient (Wildman–Crippen LogP) is 1.31. The number of hydrogen-bond donors (Lipinski definition) is 0. The number of aromatic nitrogens is 1. The molecule has 0 aromatic carbocycles. The van der Waals surface area contributed by atoms with Gasteiger partial charge >= 0.3 is 0 Å². The molecule has 1 heterocycles. The number of pyridine rings is 1. The summed E-state index contributed by atoms with van der Waals surface area (Å²) >= 11 is 0. The predicted molar refractivity (Wildman–Crippen MR) is 48.0 cm³/mol. The highest BCUT2D eigenvalue weighted by Crippen LogP contribution is 2.29. The van der Waals surface area contributed by atoms with Gasteiger partial charge in [-0.15, -0.1) is 0 Å². The monoisotopic (exact) mass is 188 g/mol. The van der Waals surface area contributed by atoms with Gasteiger partial charge in [-0.2, -0.15) is 5.26 Å². The first kappa shape index (κ1) is 8.70. The molecular weight excluding hydrogens is 180 g/mol. The molecule has 4 nitrogen and oxygen atoms in total. The Labute approximate surface area is 81.1 Å². The van der Waals surface area contributed by atoms with Gasteiger partial charge in [0.05, 0.1) is 17.9 Å². The van der Waals surface area contributed by atoms with Crippen LogP contribution in [0.15, 0.2) is 12.4 Å². The van der Waals surface area contributed by atoms with E-state index < -0.39 is 0 Å². The molecule has 0 amide bonds. The summed E-state index contributed by atoms with van der Waals surface area (Å²) in [6, 6.07) is 1.95. The Morgan fingerprint density at radius 1 is 1.57 bits per heavy atom. The third-order valence-electron chi connectivity index (χ3n) is 2.00. The van der Waals surface area contributed by atoms with E-state index >= 15 is 0 Å². The number of carbonyl (C=O) groups is 1. The zero-order valence-corrected chi connectivity index (χ0v) is 7.43. The Balaban J connectivity index is 2.37. The molecule has 1 aliphatic rings. The van der Waals surface area contributed by atoms with Crippen LogP contribution in [0.25, 0.3) is 0 Å². The van der Waals surface area contributed by atoms with Crippen molar-refractivity contribution < 1.29 is 9.53 Å². The lowest BCUT2D eigenvalue weighted by Crippen LogP contribution is -2.01. The Morgan fingerprint density at radius 3 is 2.93 bits per heavy atom. The summed E-state index contributed by atoms with van der Waals surface area (Å²) in [6.45, 7) is 0. The maximum atomic E-state index is 10.6. The van der Waals surface area contributed by atoms with E-state index in [1.54, 1.807) is 0 Å². The van der Waals surface area contributed by atoms with Crippen LogP contribution in [0.3, 0.4) is 0 Å². The van der Waals surface area contributed by atoms with Gasteiger partial charge in [0.15, 0.2) is 12.0 Å². The molecular formula is C10H8N2O2. The molecule has 0 bridgehead atoms. The molecule has 0 unspecified atom stereocenters. The molecule has 1 saturated carbocycles. The van der Waals surface area contributed by atoms with Gasteiger partial charge in [-0.1, -0.05) is 0 Å². The molecule has 0 N–H and O–H groups in total. The molecule has 0 saturated heterocycles. The van der Waals surface area contributed by atoms with E-state index in [9.17, 15) is 4.79 Å². The SMILES string of the molecule is N#Cc1c(C=O)cncc1OC1CC1. The number of ether oxygens (including phenoxy) is 1. The minimum atomic E-state index is 0.200. The Bertz CT molecular complexity index is 405. The maximum Gasteiger partial charge on any atom is 0.156 e. The van der Waals surface area contributed by atoms with Crippen LogP contribution in [-0.2, 0) is 0 Å². The fourth-order valence-electron chi connectivity index (χ4n) is 1.12. The second-order valence-electron chi connectivity index (χ2n) is 3.15. The van der Waals surface area contributed by atoms with Gasteiger partial charge in [0.25, 0.3) is 0 Å². The summed E-state index contributed by atoms with van der Waals surface area (Å²) in [5.41, 5.74) is 0.563. The van der Waals surface area contributed by atoms with E-state index in [1.807, 2.05) is 6.07 Å². The van der Waals surface area contributed by atoms with E-state index in [1.165, 1.54) is 12.4 Å². The molecule has 0 spiro atoms. The van der Waals surface area contributed by atoms with E-state index in [0.29, 0.717) is 12.0 Å². The maximum absolute atomic E-state index is 10.6. The lowest BCUT2D eigenvalue weighted by Gasteiger charge is -2.05. The summed E-state index contributed by atoms with van der Waals surface area (Å²) in [7, 11) is 0. The normalized spacial score (nSPS) is 14.5. The van der Waals surface area contributed by atoms with Gasteiger partial charge in [0.1, 0.15) is 11.6 Å². The van der Waals surface area contributed by atoms with Gasteiger partial charge < -0.3 is 4.74 Å². The average molecular weight is 188 g/mol. The largest absolute Gasteiger partial charge is 0.487 e. The van der Waals surface area contributed by atoms with Crippen molar-refractivity contribution in [2.75, 3.05) is 0 Å². The van der Waals surface area contributed by atoms with Crippen molar-refractivity contribution in [2.24, 2.45) is 0 Å². The van der Waals surface area contributed by atoms with Crippen molar-refractivity contribution in [3.05, 3.63) is 23.5 Å². The van der Waals surface area contributed by atoms with E-state index in [2.05, 4.69) is 4.98 Å². The highest BCUT2D eigenvalue weighted by molar-refractivity contribution is 5.80. The Hall–Kier alpha value is -1.89. The van der Waals surface area contributed by atoms with Crippen molar-refractivity contribution in [3.63, 3.8) is 0 Å². The quantitative estimate of drug-likeness (QED) is 0.671. The Kier molecular flexibility index (Phi) is 2.15. The summed E-state index contributed by atoms with van der Waals surface area (Å²) in [5.74, 6) is 0.416. The van der Waals surface area contributed by atoms with E-state index in [4.69, 9.17) is 10.00 Å². The molecule has 1 aliphatic carbocycles. The van der Waals surface area contributed by atoms with Gasteiger partial charge in [0.2, 0.25) is 0 Å². The summed E-state index contributed by atoms with van der Waals surface area (Å²) in [4.78, 5) is 14.4. The van der Waals surface area contributed by atoms with Crippen molar-refractivity contribution >= 4 is 6.29 Å². The van der Waals surface area contributed by atoms with E-state index in [0.717, 1.165) is 12.8 Å². The summed E-state index contributed by atoms with van der Waals surface area (Å²) < 4.78 is 5.45. The topological polar surface area (TPSA) is 63.0 Å². The number of carbonyl (C=O) groups excluding carboxylic acids is 1. The van der Waals surface area contributed by atoms with Crippen molar-refractivity contribution in [1.82, 2.24) is 4.98 Å². The van der Waals surface area contributed by atoms with Crippen molar-refractivity contribution in [1.29, 1.82) is 5.26 Å². The lowest BCUT2D eigenvalue weighted by atomic mass is 10.1. The van der Waals surface area contributed by atoms with Gasteiger partial charge in [0, 0.05) is 6.20 Å². The molecule has 14 heavy (non-hydrogen) atoms. The first-order chi connectivity index (χ1) is 6.85. The molecule has 70 valence electrons. The molecule has 4 heteroatoms. The van der Waals surface area contributed by atoms with Crippen LogP contribution >= 0.6 is 0 Å². The highest BCUT2D eigenvalue weighted by atomic mass is 16.5. The molecule has 1 aromatic rings. The van der Waals surface area contributed by atoms with E-state index in [-0.39, 0.29) is 17.2 Å². The second-order valence-corrected chi connectivity index (χ2v) is 3.15. The first-order valence-electron chi connectivity index (χ1n) is 4.35. The number of nitriles is 1. The van der Waals surface area contributed by atoms with Crippen LogP contribution in [0.5, 0.6) is 5.75 Å². The number of rotatable bonds is 3. The average Bonchev–Trinajstić information content (AvgIpc) is 3.01. The number of aldehydes is 1. The fraction of sp³-hybridized carbons (Fsp3) is 0.300. The van der Waals surface area contributed by atoms with Crippen LogP contribution in [0.1, 0.15) is 28.8 Å².